The Morgan fingerprint density at radius 3 is 2.56 bits per heavy atom. The van der Waals surface area contributed by atoms with Crippen LogP contribution in [0.1, 0.15) is 30.1 Å². The third-order valence-electron chi connectivity index (χ3n) is 3.19. The number of methoxy groups -OCH3 is 1. The normalized spacial score (nSPS) is 17.6. The summed E-state index contributed by atoms with van der Waals surface area (Å²) < 4.78 is 43.2. The molecule has 2 rings (SSSR count). The molecular weight excluding hydrogens is 241 g/mol. The Hall–Kier alpha value is -1.29. The number of rotatable bonds is 4. The molecule has 1 atom stereocenters. The number of hydrogen-bond acceptors (Lipinski definition) is 1. The fourth-order valence-corrected chi connectivity index (χ4v) is 2.05. The Balaban J connectivity index is 2.28. The molecule has 0 heterocycles. The fraction of sp³-hybridized carbons (Fsp3) is 0.429. The second kappa shape index (κ2) is 4.76. The van der Waals surface area contributed by atoms with Gasteiger partial charge in [0.1, 0.15) is 6.10 Å². The minimum Gasteiger partial charge on any atom is -0.372 e. The van der Waals surface area contributed by atoms with E-state index in [0.29, 0.717) is 11.5 Å². The minimum atomic E-state index is -4.32. The van der Waals surface area contributed by atoms with Crippen LogP contribution in [0.5, 0.6) is 0 Å². The largest absolute Gasteiger partial charge is 0.416 e. The fourth-order valence-electron chi connectivity index (χ4n) is 2.05. The van der Waals surface area contributed by atoms with E-state index < -0.39 is 17.8 Å². The molecule has 1 aromatic carbocycles. The third kappa shape index (κ3) is 2.75. The van der Waals surface area contributed by atoms with Crippen molar-refractivity contribution in [1.82, 2.24) is 0 Å². The molecule has 98 valence electrons. The summed E-state index contributed by atoms with van der Waals surface area (Å²) in [4.78, 5) is 0. The van der Waals surface area contributed by atoms with E-state index in [1.165, 1.54) is 13.2 Å². The van der Waals surface area contributed by atoms with Crippen molar-refractivity contribution in [2.45, 2.75) is 25.1 Å². The van der Waals surface area contributed by atoms with Crippen LogP contribution < -0.4 is 0 Å². The predicted octanol–water partition coefficient (Wildman–Crippen LogP) is 4.36. The molecule has 0 amide bonds. The van der Waals surface area contributed by atoms with Crippen molar-refractivity contribution in [3.63, 3.8) is 0 Å². The molecular formula is C14H15F3O. The van der Waals surface area contributed by atoms with Crippen LogP contribution in [0.2, 0.25) is 0 Å². The first-order valence-electron chi connectivity index (χ1n) is 5.82. The lowest BCUT2D eigenvalue weighted by Gasteiger charge is -2.19. The van der Waals surface area contributed by atoms with Crippen molar-refractivity contribution >= 4 is 0 Å². The molecule has 1 unspecified atom stereocenters. The van der Waals surface area contributed by atoms with Gasteiger partial charge in [0.25, 0.3) is 0 Å². The summed E-state index contributed by atoms with van der Waals surface area (Å²) in [5.74, 6) is 0.393. The molecule has 0 bridgehead atoms. The van der Waals surface area contributed by atoms with Gasteiger partial charge in [-0.05, 0) is 42.0 Å². The maximum atomic E-state index is 12.6. The van der Waals surface area contributed by atoms with E-state index in [2.05, 4.69) is 6.58 Å². The Bertz CT molecular complexity index is 447. The molecule has 1 nitrogen and oxygen atoms in total. The Morgan fingerprint density at radius 1 is 1.39 bits per heavy atom. The number of halogens is 3. The van der Waals surface area contributed by atoms with E-state index in [-0.39, 0.29) is 0 Å². The van der Waals surface area contributed by atoms with Gasteiger partial charge in [-0.2, -0.15) is 13.2 Å². The van der Waals surface area contributed by atoms with E-state index in [0.717, 1.165) is 30.5 Å². The molecule has 0 aliphatic heterocycles. The van der Waals surface area contributed by atoms with Gasteiger partial charge in [-0.15, -0.1) is 0 Å². The van der Waals surface area contributed by atoms with Gasteiger partial charge in [-0.3, -0.25) is 0 Å². The lowest BCUT2D eigenvalue weighted by atomic mass is 9.97. The molecule has 1 aliphatic carbocycles. The van der Waals surface area contributed by atoms with Crippen LogP contribution in [-0.2, 0) is 10.9 Å². The summed E-state index contributed by atoms with van der Waals surface area (Å²) in [6, 6.07) is 5.26. The second-order valence-corrected chi connectivity index (χ2v) is 4.59. The highest BCUT2D eigenvalue weighted by atomic mass is 19.4. The Kier molecular flexibility index (Phi) is 3.48. The lowest BCUT2D eigenvalue weighted by Crippen LogP contribution is -2.09. The lowest BCUT2D eigenvalue weighted by molar-refractivity contribution is -0.137. The van der Waals surface area contributed by atoms with Crippen LogP contribution in [0.25, 0.3) is 0 Å². The number of ether oxygens (including phenoxy) is 1. The predicted molar refractivity (Wildman–Crippen MR) is 63.1 cm³/mol. The molecule has 1 aromatic rings. The topological polar surface area (TPSA) is 9.23 Å². The van der Waals surface area contributed by atoms with E-state index >= 15 is 0 Å². The van der Waals surface area contributed by atoms with E-state index in [1.807, 2.05) is 0 Å². The van der Waals surface area contributed by atoms with Crippen molar-refractivity contribution in [1.29, 1.82) is 0 Å². The van der Waals surface area contributed by atoms with E-state index in [4.69, 9.17) is 4.74 Å². The Morgan fingerprint density at radius 2 is 2.06 bits per heavy atom. The SMILES string of the molecule is C=C(C1CC1)C(OC)c1cccc(C(F)(F)F)c1. The molecule has 0 radical (unpaired) electrons. The van der Waals surface area contributed by atoms with Gasteiger partial charge in [0.05, 0.1) is 5.56 Å². The van der Waals surface area contributed by atoms with E-state index in [1.54, 1.807) is 6.07 Å². The van der Waals surface area contributed by atoms with Crippen LogP contribution >= 0.6 is 0 Å². The summed E-state index contributed by atoms with van der Waals surface area (Å²) in [7, 11) is 1.50. The first-order valence-corrected chi connectivity index (χ1v) is 5.82. The van der Waals surface area contributed by atoms with Crippen LogP contribution in [-0.4, -0.2) is 7.11 Å². The van der Waals surface area contributed by atoms with Crippen LogP contribution in [0.3, 0.4) is 0 Å². The first-order chi connectivity index (χ1) is 8.43. The highest BCUT2D eigenvalue weighted by Crippen LogP contribution is 2.43. The maximum Gasteiger partial charge on any atom is 0.416 e. The summed E-state index contributed by atoms with van der Waals surface area (Å²) in [6.45, 7) is 3.95. The van der Waals surface area contributed by atoms with Crippen molar-refractivity contribution < 1.29 is 17.9 Å². The van der Waals surface area contributed by atoms with Gasteiger partial charge in [-0.1, -0.05) is 18.7 Å². The molecule has 1 fully saturated rings. The third-order valence-corrected chi connectivity index (χ3v) is 3.19. The van der Waals surface area contributed by atoms with Gasteiger partial charge in [0, 0.05) is 7.11 Å². The van der Waals surface area contributed by atoms with Crippen LogP contribution in [0.4, 0.5) is 13.2 Å². The van der Waals surface area contributed by atoms with Gasteiger partial charge < -0.3 is 4.74 Å². The monoisotopic (exact) mass is 256 g/mol. The standard InChI is InChI=1S/C14H15F3O/c1-9(10-6-7-10)13(18-2)11-4-3-5-12(8-11)14(15,16)17/h3-5,8,10,13H,1,6-7H2,2H3. The number of benzene rings is 1. The number of hydrogen-bond donors (Lipinski definition) is 0. The van der Waals surface area contributed by atoms with Crippen molar-refractivity contribution in [2.75, 3.05) is 7.11 Å². The molecule has 18 heavy (non-hydrogen) atoms. The molecule has 0 N–H and O–H groups in total. The summed E-state index contributed by atoms with van der Waals surface area (Å²) in [5, 5.41) is 0. The summed E-state index contributed by atoms with van der Waals surface area (Å²) in [6.07, 6.45) is -2.66. The van der Waals surface area contributed by atoms with Gasteiger partial charge in [0.15, 0.2) is 0 Å². The first kappa shape index (κ1) is 13.1. The maximum absolute atomic E-state index is 12.6. The average Bonchev–Trinajstić information content (AvgIpc) is 3.13. The zero-order chi connectivity index (χ0) is 13.3. The minimum absolute atomic E-state index is 0.393. The van der Waals surface area contributed by atoms with E-state index in [9.17, 15) is 13.2 Å². The molecule has 1 aliphatic rings. The van der Waals surface area contributed by atoms with Crippen molar-refractivity contribution in [3.8, 4) is 0 Å². The van der Waals surface area contributed by atoms with Gasteiger partial charge in [0.2, 0.25) is 0 Å². The van der Waals surface area contributed by atoms with Gasteiger partial charge in [-0.25, -0.2) is 0 Å². The molecule has 1 saturated carbocycles. The number of alkyl halides is 3. The Labute approximate surface area is 104 Å². The highest BCUT2D eigenvalue weighted by molar-refractivity contribution is 5.32. The summed E-state index contributed by atoms with van der Waals surface area (Å²) in [5.41, 5.74) is 0.742. The molecule has 0 saturated heterocycles. The second-order valence-electron chi connectivity index (χ2n) is 4.59. The smallest absolute Gasteiger partial charge is 0.372 e. The van der Waals surface area contributed by atoms with Gasteiger partial charge >= 0.3 is 6.18 Å². The zero-order valence-electron chi connectivity index (χ0n) is 10.1. The molecule has 0 spiro atoms. The average molecular weight is 256 g/mol. The van der Waals surface area contributed by atoms with Crippen LogP contribution in [0.15, 0.2) is 36.4 Å². The zero-order valence-corrected chi connectivity index (χ0v) is 10.1. The quantitative estimate of drug-likeness (QED) is 0.727. The van der Waals surface area contributed by atoms with Crippen molar-refractivity contribution in [3.05, 3.63) is 47.5 Å². The highest BCUT2D eigenvalue weighted by Gasteiger charge is 2.33. The molecule has 4 heteroatoms. The molecule has 0 aromatic heterocycles. The van der Waals surface area contributed by atoms with Crippen molar-refractivity contribution in [2.24, 2.45) is 5.92 Å². The summed E-state index contributed by atoms with van der Waals surface area (Å²) >= 11 is 0. The van der Waals surface area contributed by atoms with Crippen LogP contribution in [0, 0.1) is 5.92 Å².